The fraction of sp³-hybridized carbons (Fsp3) is 0.385. The normalized spacial score (nSPS) is 11.2. The maximum absolute atomic E-state index is 13.6. The van der Waals surface area contributed by atoms with Crippen LogP contribution in [0.3, 0.4) is 0 Å². The summed E-state index contributed by atoms with van der Waals surface area (Å²) in [7, 11) is -0.0986. The number of likely N-dealkylation sites (N-methyl/N-ethyl adjacent to an activating group) is 1. The molecule has 1 aromatic heterocycles. The number of sulfonamides is 1. The molecule has 0 radical (unpaired) electrons. The van der Waals surface area contributed by atoms with Crippen molar-refractivity contribution in [1.29, 1.82) is 10.5 Å². The van der Waals surface area contributed by atoms with Crippen molar-refractivity contribution in [2.24, 2.45) is 0 Å². The Hall–Kier alpha value is -3.26. The highest BCUT2D eigenvalue weighted by atomic mass is 35.5. The SMILES string of the molecule is CCOc1ccc2nc(N(CCN(C)C)C(=O)c3ccc(S(=O)(=O)N(CCC#N)CCC#N)cc3)sc2c1.Cl. The second-order valence-corrected chi connectivity index (χ2v) is 11.5. The van der Waals surface area contributed by atoms with Gasteiger partial charge < -0.3 is 9.64 Å². The number of ether oxygens (including phenoxy) is 1. The van der Waals surface area contributed by atoms with Crippen LogP contribution in [0.4, 0.5) is 5.13 Å². The third-order valence-corrected chi connectivity index (χ3v) is 8.55. The highest BCUT2D eigenvalue weighted by Crippen LogP contribution is 2.32. The van der Waals surface area contributed by atoms with E-state index in [9.17, 15) is 13.2 Å². The number of aromatic nitrogens is 1. The first-order valence-corrected chi connectivity index (χ1v) is 14.3. The van der Waals surface area contributed by atoms with Gasteiger partial charge in [-0.05, 0) is 63.5 Å². The lowest BCUT2D eigenvalue weighted by Crippen LogP contribution is -2.36. The maximum atomic E-state index is 13.6. The van der Waals surface area contributed by atoms with Crippen LogP contribution in [0.1, 0.15) is 30.1 Å². The molecule has 0 aliphatic heterocycles. The van der Waals surface area contributed by atoms with E-state index >= 15 is 0 Å². The van der Waals surface area contributed by atoms with E-state index in [2.05, 4.69) is 4.98 Å². The Kier molecular flexibility index (Phi) is 12.1. The lowest BCUT2D eigenvalue weighted by Gasteiger charge is -2.22. The number of benzene rings is 2. The monoisotopic (exact) mass is 590 g/mol. The third-order valence-electron chi connectivity index (χ3n) is 5.59. The third kappa shape index (κ3) is 8.12. The number of amides is 1. The van der Waals surface area contributed by atoms with Gasteiger partial charge in [0.1, 0.15) is 5.75 Å². The summed E-state index contributed by atoms with van der Waals surface area (Å²) in [5, 5.41) is 18.3. The van der Waals surface area contributed by atoms with E-state index < -0.39 is 10.0 Å². The second kappa shape index (κ2) is 14.8. The smallest absolute Gasteiger partial charge is 0.260 e. The van der Waals surface area contributed by atoms with Crippen LogP contribution in [0.15, 0.2) is 47.4 Å². The van der Waals surface area contributed by atoms with E-state index in [0.717, 1.165) is 20.3 Å². The molecule has 0 aliphatic carbocycles. The van der Waals surface area contributed by atoms with Gasteiger partial charge in [0.15, 0.2) is 5.13 Å². The average molecular weight is 591 g/mol. The summed E-state index contributed by atoms with van der Waals surface area (Å²) in [6, 6.07) is 15.2. The molecule has 10 nitrogen and oxygen atoms in total. The first-order chi connectivity index (χ1) is 18.2. The summed E-state index contributed by atoms with van der Waals surface area (Å²) in [6.07, 6.45) is 0.0204. The van der Waals surface area contributed by atoms with Crippen molar-refractivity contribution in [2.75, 3.05) is 51.8 Å². The second-order valence-electron chi connectivity index (χ2n) is 8.56. The molecule has 0 saturated carbocycles. The Balaban J connectivity index is 0.00000533. The highest BCUT2D eigenvalue weighted by molar-refractivity contribution is 7.89. The Morgan fingerprint density at radius 2 is 1.64 bits per heavy atom. The lowest BCUT2D eigenvalue weighted by molar-refractivity contribution is 0.0985. The van der Waals surface area contributed by atoms with Crippen LogP contribution < -0.4 is 9.64 Å². The van der Waals surface area contributed by atoms with Gasteiger partial charge in [-0.3, -0.25) is 9.69 Å². The van der Waals surface area contributed by atoms with E-state index in [1.54, 1.807) is 4.90 Å². The largest absolute Gasteiger partial charge is 0.494 e. The zero-order valence-corrected chi connectivity index (χ0v) is 24.5. The molecule has 1 amide bonds. The first kappa shape index (κ1) is 32.0. The summed E-state index contributed by atoms with van der Waals surface area (Å²) >= 11 is 1.39. The van der Waals surface area contributed by atoms with Gasteiger partial charge in [0, 0.05) is 44.6 Å². The number of carbonyl (C=O) groups is 1. The quantitative estimate of drug-likeness (QED) is 0.290. The van der Waals surface area contributed by atoms with E-state index in [1.165, 1.54) is 35.6 Å². The fourth-order valence-electron chi connectivity index (χ4n) is 3.62. The Bertz CT molecular complexity index is 1430. The van der Waals surface area contributed by atoms with Gasteiger partial charge >= 0.3 is 0 Å². The van der Waals surface area contributed by atoms with Gasteiger partial charge in [-0.15, -0.1) is 12.4 Å². The molecule has 13 heteroatoms. The first-order valence-electron chi connectivity index (χ1n) is 12.0. The number of carbonyl (C=O) groups excluding carboxylic acids is 1. The highest BCUT2D eigenvalue weighted by Gasteiger charge is 2.26. The summed E-state index contributed by atoms with van der Waals surface area (Å²) in [6.45, 7) is 3.43. The minimum atomic E-state index is -3.93. The molecule has 0 unspecified atom stereocenters. The summed E-state index contributed by atoms with van der Waals surface area (Å²) < 4.78 is 33.8. The predicted octanol–water partition coefficient (Wildman–Crippen LogP) is 4.14. The number of hydrogen-bond donors (Lipinski definition) is 0. The molecule has 0 N–H and O–H groups in total. The molecule has 208 valence electrons. The standard InChI is InChI=1S/C26H30N6O4S2.ClH/c1-4-36-21-9-12-23-24(19-21)37-26(29-23)32(18-17-30(2)3)25(33)20-7-10-22(11-8-20)38(34,35)31(15-5-13-27)16-6-14-28;/h7-12,19H,4-6,15-18H2,1-3H3;1H. The van der Waals surface area contributed by atoms with Crippen molar-refractivity contribution in [3.8, 4) is 17.9 Å². The molecule has 3 rings (SSSR count). The molecular weight excluding hydrogens is 560 g/mol. The molecule has 0 bridgehead atoms. The molecule has 3 aromatic rings. The number of hydrogen-bond acceptors (Lipinski definition) is 9. The summed E-state index contributed by atoms with van der Waals surface area (Å²) in [4.78, 5) is 21.8. The van der Waals surface area contributed by atoms with Crippen LogP contribution in [-0.4, -0.2) is 75.4 Å². The van der Waals surface area contributed by atoms with Crippen molar-refractivity contribution in [3.05, 3.63) is 48.0 Å². The summed E-state index contributed by atoms with van der Waals surface area (Å²) in [5.41, 5.74) is 1.07. The number of fused-ring (bicyclic) bond motifs is 1. The van der Waals surface area contributed by atoms with E-state index in [0.29, 0.717) is 30.4 Å². The van der Waals surface area contributed by atoms with Crippen molar-refractivity contribution in [3.63, 3.8) is 0 Å². The van der Waals surface area contributed by atoms with E-state index in [4.69, 9.17) is 15.3 Å². The van der Waals surface area contributed by atoms with Gasteiger partial charge in [-0.1, -0.05) is 11.3 Å². The topological polar surface area (TPSA) is 131 Å². The molecule has 0 atom stereocenters. The van der Waals surface area contributed by atoms with Crippen LogP contribution >= 0.6 is 23.7 Å². The minimum Gasteiger partial charge on any atom is -0.494 e. The van der Waals surface area contributed by atoms with E-state index in [-0.39, 0.29) is 49.1 Å². The minimum absolute atomic E-state index is 0. The number of halogens is 1. The van der Waals surface area contributed by atoms with Crippen molar-refractivity contribution in [2.45, 2.75) is 24.7 Å². The van der Waals surface area contributed by atoms with E-state index in [1.807, 2.05) is 56.3 Å². The molecule has 0 spiro atoms. The zero-order valence-electron chi connectivity index (χ0n) is 22.0. The fourth-order valence-corrected chi connectivity index (χ4v) is 6.08. The van der Waals surface area contributed by atoms with Gasteiger partial charge in [0.25, 0.3) is 5.91 Å². The lowest BCUT2D eigenvalue weighted by atomic mass is 10.2. The van der Waals surface area contributed by atoms with Crippen LogP contribution in [0.5, 0.6) is 5.75 Å². The van der Waals surface area contributed by atoms with Gasteiger partial charge in [-0.2, -0.15) is 14.8 Å². The molecule has 0 aliphatic rings. The van der Waals surface area contributed by atoms with Crippen molar-refractivity contribution in [1.82, 2.24) is 14.2 Å². The number of nitriles is 2. The Morgan fingerprint density at radius 1 is 1.00 bits per heavy atom. The molecule has 2 aromatic carbocycles. The van der Waals surface area contributed by atoms with Gasteiger partial charge in [0.05, 0.1) is 33.9 Å². The molecule has 1 heterocycles. The Morgan fingerprint density at radius 3 is 2.21 bits per heavy atom. The number of anilines is 1. The van der Waals surface area contributed by atoms with Gasteiger partial charge in [-0.25, -0.2) is 13.4 Å². The molecule has 0 saturated heterocycles. The number of thiazole rings is 1. The predicted molar refractivity (Wildman–Crippen MR) is 154 cm³/mol. The van der Waals surface area contributed by atoms with Crippen LogP contribution in [0.25, 0.3) is 10.2 Å². The average Bonchev–Trinajstić information content (AvgIpc) is 3.31. The van der Waals surface area contributed by atoms with Crippen LogP contribution in [0.2, 0.25) is 0 Å². The van der Waals surface area contributed by atoms with Crippen LogP contribution in [0, 0.1) is 22.7 Å². The zero-order chi connectivity index (χ0) is 27.7. The van der Waals surface area contributed by atoms with Crippen molar-refractivity contribution < 1.29 is 17.9 Å². The summed E-state index contributed by atoms with van der Waals surface area (Å²) in [5.74, 6) is 0.433. The number of nitrogens with zero attached hydrogens (tertiary/aromatic N) is 6. The number of rotatable bonds is 13. The molecule has 39 heavy (non-hydrogen) atoms. The van der Waals surface area contributed by atoms with Crippen molar-refractivity contribution >= 4 is 55.0 Å². The molecule has 0 fully saturated rings. The molecular formula is C26H31ClN6O4S2. The van der Waals surface area contributed by atoms with Gasteiger partial charge in [0.2, 0.25) is 10.0 Å². The van der Waals surface area contributed by atoms with Crippen LogP contribution in [-0.2, 0) is 10.0 Å². The Labute approximate surface area is 239 Å². The maximum Gasteiger partial charge on any atom is 0.260 e.